The van der Waals surface area contributed by atoms with E-state index in [2.05, 4.69) is 15.1 Å². The Morgan fingerprint density at radius 1 is 0.864 bits per heavy atom. The molecule has 4 rings (SSSR count). The van der Waals surface area contributed by atoms with E-state index in [4.69, 9.17) is 4.42 Å². The van der Waals surface area contributed by atoms with Crippen LogP contribution in [0.15, 0.2) is 4.42 Å². The minimum atomic E-state index is 0.287. The van der Waals surface area contributed by atoms with Crippen LogP contribution in [0, 0.1) is 5.92 Å². The van der Waals surface area contributed by atoms with Gasteiger partial charge in [0.2, 0.25) is 17.7 Å². The highest BCUT2D eigenvalue weighted by Gasteiger charge is 2.33. The van der Waals surface area contributed by atoms with Crippen LogP contribution in [0.4, 0.5) is 0 Å². The first-order valence-corrected chi connectivity index (χ1v) is 8.93. The first-order valence-electron chi connectivity index (χ1n) is 8.93. The van der Waals surface area contributed by atoms with Gasteiger partial charge in [-0.25, -0.2) is 0 Å². The Morgan fingerprint density at radius 2 is 1.45 bits per heavy atom. The number of amides is 1. The van der Waals surface area contributed by atoms with Gasteiger partial charge in [-0.05, 0) is 38.5 Å². The Bertz CT molecular complexity index is 524. The summed E-state index contributed by atoms with van der Waals surface area (Å²) in [7, 11) is 0. The van der Waals surface area contributed by atoms with Gasteiger partial charge < -0.3 is 9.32 Å². The van der Waals surface area contributed by atoms with Crippen LogP contribution in [-0.2, 0) is 4.79 Å². The number of nitrogens with zero attached hydrogens (tertiary/aromatic N) is 3. The quantitative estimate of drug-likeness (QED) is 0.860. The first kappa shape index (κ1) is 14.2. The number of aromatic nitrogens is 2. The lowest BCUT2D eigenvalue weighted by molar-refractivity contribution is -0.137. The molecule has 2 aliphatic carbocycles. The lowest BCUT2D eigenvalue weighted by Crippen LogP contribution is -2.41. The second-order valence-electron chi connectivity index (χ2n) is 7.19. The van der Waals surface area contributed by atoms with Crippen LogP contribution in [0.25, 0.3) is 0 Å². The summed E-state index contributed by atoms with van der Waals surface area (Å²) in [5.41, 5.74) is 0. The molecule has 0 radical (unpaired) electrons. The smallest absolute Gasteiger partial charge is 0.225 e. The van der Waals surface area contributed by atoms with Gasteiger partial charge in [0.25, 0.3) is 0 Å². The van der Waals surface area contributed by atoms with Crippen LogP contribution in [0.2, 0.25) is 0 Å². The minimum Gasteiger partial charge on any atom is -0.425 e. The van der Waals surface area contributed by atoms with Gasteiger partial charge in [0.05, 0.1) is 0 Å². The number of piperidine rings is 1. The van der Waals surface area contributed by atoms with Crippen molar-refractivity contribution in [1.82, 2.24) is 15.1 Å². The van der Waals surface area contributed by atoms with Crippen molar-refractivity contribution in [3.63, 3.8) is 0 Å². The van der Waals surface area contributed by atoms with Crippen LogP contribution in [0.5, 0.6) is 0 Å². The number of likely N-dealkylation sites (tertiary alicyclic amines) is 1. The number of hydrogen-bond donors (Lipinski definition) is 0. The molecule has 0 atom stereocenters. The zero-order chi connectivity index (χ0) is 14.9. The third-order valence-electron chi connectivity index (χ3n) is 5.49. The van der Waals surface area contributed by atoms with E-state index in [1.54, 1.807) is 0 Å². The highest BCUT2D eigenvalue weighted by molar-refractivity contribution is 5.79. The van der Waals surface area contributed by atoms with Crippen molar-refractivity contribution in [2.45, 2.75) is 69.6 Å². The van der Waals surface area contributed by atoms with Crippen molar-refractivity contribution in [3.8, 4) is 0 Å². The average Bonchev–Trinajstić information content (AvgIpc) is 3.32. The summed E-state index contributed by atoms with van der Waals surface area (Å²) >= 11 is 0. The zero-order valence-corrected chi connectivity index (χ0v) is 13.2. The van der Waals surface area contributed by atoms with Crippen LogP contribution in [0.1, 0.15) is 81.4 Å². The van der Waals surface area contributed by atoms with Crippen molar-refractivity contribution in [3.05, 3.63) is 11.8 Å². The molecule has 1 saturated heterocycles. The fourth-order valence-electron chi connectivity index (χ4n) is 3.86. The van der Waals surface area contributed by atoms with E-state index in [1.807, 2.05) is 0 Å². The molecule has 0 spiro atoms. The van der Waals surface area contributed by atoms with Crippen LogP contribution >= 0.6 is 0 Å². The molecule has 1 amide bonds. The molecule has 0 bridgehead atoms. The van der Waals surface area contributed by atoms with Crippen LogP contribution < -0.4 is 0 Å². The molecular formula is C17H25N3O2. The second-order valence-corrected chi connectivity index (χ2v) is 7.19. The van der Waals surface area contributed by atoms with Gasteiger partial charge >= 0.3 is 0 Å². The summed E-state index contributed by atoms with van der Waals surface area (Å²) < 4.78 is 5.83. The molecule has 0 aromatic carbocycles. The number of carbonyl (C=O) groups excluding carboxylic acids is 1. The largest absolute Gasteiger partial charge is 0.425 e. The summed E-state index contributed by atoms with van der Waals surface area (Å²) in [6.07, 6.45) is 10.2. The van der Waals surface area contributed by atoms with Crippen molar-refractivity contribution >= 4 is 5.91 Å². The Labute approximate surface area is 131 Å². The third kappa shape index (κ3) is 2.90. The van der Waals surface area contributed by atoms with Crippen molar-refractivity contribution < 1.29 is 9.21 Å². The van der Waals surface area contributed by atoms with Gasteiger partial charge in [-0.2, -0.15) is 0 Å². The highest BCUT2D eigenvalue weighted by Crippen LogP contribution is 2.40. The Hall–Kier alpha value is -1.39. The van der Waals surface area contributed by atoms with Gasteiger partial charge in [0.15, 0.2) is 0 Å². The topological polar surface area (TPSA) is 59.2 Å². The number of hydrogen-bond acceptors (Lipinski definition) is 4. The molecule has 5 nitrogen and oxygen atoms in total. The van der Waals surface area contributed by atoms with Crippen molar-refractivity contribution in [1.29, 1.82) is 0 Å². The maximum absolute atomic E-state index is 12.6. The third-order valence-corrected chi connectivity index (χ3v) is 5.49. The van der Waals surface area contributed by atoms with E-state index >= 15 is 0 Å². The van der Waals surface area contributed by atoms with Gasteiger partial charge in [0.1, 0.15) is 0 Å². The summed E-state index contributed by atoms with van der Waals surface area (Å²) in [5.74, 6) is 3.17. The molecule has 3 aliphatic rings. The lowest BCUT2D eigenvalue weighted by Gasteiger charge is -2.34. The van der Waals surface area contributed by atoms with E-state index in [0.717, 1.165) is 50.6 Å². The molecule has 1 aromatic heterocycles. The van der Waals surface area contributed by atoms with Gasteiger partial charge in [-0.15, -0.1) is 10.2 Å². The zero-order valence-electron chi connectivity index (χ0n) is 13.2. The predicted molar refractivity (Wildman–Crippen MR) is 81.4 cm³/mol. The summed E-state index contributed by atoms with van der Waals surface area (Å²) in [4.78, 5) is 14.6. The fourth-order valence-corrected chi connectivity index (χ4v) is 3.86. The van der Waals surface area contributed by atoms with Crippen LogP contribution in [-0.4, -0.2) is 34.1 Å². The minimum absolute atomic E-state index is 0.287. The molecule has 5 heteroatoms. The normalized spacial score (nSPS) is 24.6. The molecule has 2 heterocycles. The van der Waals surface area contributed by atoms with Crippen LogP contribution in [0.3, 0.4) is 0 Å². The standard InChI is InChI=1S/C17H25N3O2/c21-17(14-4-2-1-3-5-14)20-10-8-13(9-11-20)16-19-18-15(22-16)12-6-7-12/h12-14H,1-11H2. The molecule has 2 saturated carbocycles. The summed E-state index contributed by atoms with van der Waals surface area (Å²) in [6, 6.07) is 0. The second kappa shape index (κ2) is 6.01. The fraction of sp³-hybridized carbons (Fsp3) is 0.824. The Morgan fingerprint density at radius 3 is 2.05 bits per heavy atom. The maximum Gasteiger partial charge on any atom is 0.225 e. The predicted octanol–water partition coefficient (Wildman–Crippen LogP) is 3.23. The van der Waals surface area contributed by atoms with E-state index in [0.29, 0.717) is 17.7 Å². The number of rotatable bonds is 3. The molecule has 3 fully saturated rings. The molecule has 0 N–H and O–H groups in total. The monoisotopic (exact) mass is 303 g/mol. The Balaban J connectivity index is 1.32. The molecular weight excluding hydrogens is 278 g/mol. The van der Waals surface area contributed by atoms with E-state index in [9.17, 15) is 4.79 Å². The Kier molecular flexibility index (Phi) is 3.89. The van der Waals surface area contributed by atoms with Gasteiger partial charge in [-0.3, -0.25) is 4.79 Å². The van der Waals surface area contributed by atoms with Gasteiger partial charge in [0, 0.05) is 30.8 Å². The van der Waals surface area contributed by atoms with Gasteiger partial charge in [-0.1, -0.05) is 19.3 Å². The first-order chi connectivity index (χ1) is 10.8. The maximum atomic E-state index is 12.6. The van der Waals surface area contributed by atoms with Crippen molar-refractivity contribution in [2.75, 3.05) is 13.1 Å². The molecule has 1 aliphatic heterocycles. The molecule has 120 valence electrons. The molecule has 1 aromatic rings. The van der Waals surface area contributed by atoms with Crippen molar-refractivity contribution in [2.24, 2.45) is 5.92 Å². The number of carbonyl (C=O) groups is 1. The average molecular weight is 303 g/mol. The highest BCUT2D eigenvalue weighted by atomic mass is 16.4. The van der Waals surface area contributed by atoms with E-state index in [-0.39, 0.29) is 5.92 Å². The molecule has 22 heavy (non-hydrogen) atoms. The lowest BCUT2D eigenvalue weighted by atomic mass is 9.87. The summed E-state index contributed by atoms with van der Waals surface area (Å²) in [5, 5.41) is 8.42. The van der Waals surface area contributed by atoms with E-state index in [1.165, 1.54) is 32.1 Å². The summed E-state index contributed by atoms with van der Waals surface area (Å²) in [6.45, 7) is 1.70. The SMILES string of the molecule is O=C(C1CCCCC1)N1CCC(c2nnc(C3CC3)o2)CC1. The van der Waals surface area contributed by atoms with E-state index < -0.39 is 0 Å². The molecule has 0 unspecified atom stereocenters.